The second-order valence-electron chi connectivity index (χ2n) is 10.7. The Bertz CT molecular complexity index is 1370. The highest BCUT2D eigenvalue weighted by Gasteiger charge is 2.45. The number of amides is 2. The van der Waals surface area contributed by atoms with Gasteiger partial charge < -0.3 is 16.0 Å². The summed E-state index contributed by atoms with van der Waals surface area (Å²) in [5.74, 6) is 0.702. The molecule has 1 aromatic heterocycles. The van der Waals surface area contributed by atoms with Crippen LogP contribution in [0.3, 0.4) is 0 Å². The Balaban J connectivity index is 1.21. The molecule has 1 aromatic carbocycles. The second-order valence-corrected chi connectivity index (χ2v) is 11.1. The van der Waals surface area contributed by atoms with E-state index in [9.17, 15) is 14.9 Å². The molecule has 2 aliphatic carbocycles. The minimum absolute atomic E-state index is 0.0220. The number of benzene rings is 1. The third kappa shape index (κ3) is 4.91. The van der Waals surface area contributed by atoms with Crippen molar-refractivity contribution in [3.8, 4) is 6.07 Å². The van der Waals surface area contributed by atoms with Crippen molar-refractivity contribution in [3.05, 3.63) is 69.5 Å². The smallest absolute Gasteiger partial charge is 0.254 e. The molecule has 3 fully saturated rings. The average Bonchev–Trinajstić information content (AvgIpc) is 3.59. The van der Waals surface area contributed by atoms with Crippen LogP contribution in [-0.4, -0.2) is 35.6 Å². The average molecular weight is 531 g/mol. The molecule has 2 heterocycles. The summed E-state index contributed by atoms with van der Waals surface area (Å²) in [7, 11) is 0. The van der Waals surface area contributed by atoms with E-state index in [0.29, 0.717) is 22.9 Å². The van der Waals surface area contributed by atoms with Crippen LogP contribution in [0.15, 0.2) is 42.2 Å². The molecular weight excluding hydrogens is 500 g/mol. The lowest BCUT2D eigenvalue weighted by Crippen LogP contribution is -2.44. The summed E-state index contributed by atoms with van der Waals surface area (Å²) in [4.78, 5) is 31.7. The number of aromatic nitrogens is 1. The minimum atomic E-state index is -0.325. The highest BCUT2D eigenvalue weighted by Crippen LogP contribution is 2.47. The number of aryl methyl sites for hydroxylation is 1. The number of nitrogens with zero attached hydrogens (tertiary/aromatic N) is 3. The second kappa shape index (κ2) is 10.2. The van der Waals surface area contributed by atoms with Gasteiger partial charge in [0.2, 0.25) is 5.91 Å². The van der Waals surface area contributed by atoms with Gasteiger partial charge >= 0.3 is 0 Å². The molecule has 3 N–H and O–H groups in total. The van der Waals surface area contributed by atoms with Gasteiger partial charge in [-0.2, -0.15) is 5.26 Å². The SMILES string of the molecule is Cc1cc(N2CCC(C)C2=O)ncc1C1(N/C=C(\C=N)C(=O)NC2CC(c3cc(Cl)ccc3C#N)C2)CC1. The summed E-state index contributed by atoms with van der Waals surface area (Å²) in [6, 6.07) is 9.43. The minimum Gasteiger partial charge on any atom is -0.381 e. The lowest BCUT2D eigenvalue weighted by molar-refractivity contribution is -0.120. The Morgan fingerprint density at radius 2 is 2.08 bits per heavy atom. The monoisotopic (exact) mass is 530 g/mol. The van der Waals surface area contributed by atoms with Crippen molar-refractivity contribution < 1.29 is 9.59 Å². The van der Waals surface area contributed by atoms with Crippen molar-refractivity contribution in [2.45, 2.75) is 63.5 Å². The molecular formula is C29H31ClN6O2. The Hall–Kier alpha value is -3.70. The molecule has 38 heavy (non-hydrogen) atoms. The first-order chi connectivity index (χ1) is 18.2. The van der Waals surface area contributed by atoms with Gasteiger partial charge in [-0.1, -0.05) is 18.5 Å². The van der Waals surface area contributed by atoms with Crippen molar-refractivity contribution >= 4 is 35.4 Å². The Morgan fingerprint density at radius 3 is 2.68 bits per heavy atom. The molecule has 5 rings (SSSR count). The van der Waals surface area contributed by atoms with Crippen LogP contribution in [-0.2, 0) is 15.1 Å². The predicted molar refractivity (Wildman–Crippen MR) is 146 cm³/mol. The van der Waals surface area contributed by atoms with Gasteiger partial charge in [-0.05, 0) is 85.9 Å². The zero-order chi connectivity index (χ0) is 27.0. The normalized spacial score (nSPS) is 23.8. The van der Waals surface area contributed by atoms with E-state index in [1.165, 1.54) is 0 Å². The molecule has 196 valence electrons. The quantitative estimate of drug-likeness (QED) is 0.343. The van der Waals surface area contributed by atoms with E-state index in [4.69, 9.17) is 17.0 Å². The number of anilines is 1. The van der Waals surface area contributed by atoms with Crippen molar-refractivity contribution in [1.82, 2.24) is 15.6 Å². The summed E-state index contributed by atoms with van der Waals surface area (Å²) in [6.45, 7) is 4.66. The maximum Gasteiger partial charge on any atom is 0.254 e. The van der Waals surface area contributed by atoms with Gasteiger partial charge in [0, 0.05) is 42.1 Å². The lowest BCUT2D eigenvalue weighted by Gasteiger charge is -2.36. The number of carbonyl (C=O) groups excluding carboxylic acids is 2. The first kappa shape index (κ1) is 25.9. The number of nitriles is 1. The van der Waals surface area contributed by atoms with Gasteiger partial charge in [0.15, 0.2) is 0 Å². The number of carbonyl (C=O) groups is 2. The van der Waals surface area contributed by atoms with E-state index in [-0.39, 0.29) is 40.8 Å². The molecule has 9 heteroatoms. The molecule has 2 amide bonds. The fourth-order valence-corrected chi connectivity index (χ4v) is 5.66. The predicted octanol–water partition coefficient (Wildman–Crippen LogP) is 4.46. The molecule has 3 aliphatic rings. The number of hydrogen-bond acceptors (Lipinski definition) is 6. The first-order valence-corrected chi connectivity index (χ1v) is 13.4. The third-order valence-electron chi connectivity index (χ3n) is 8.08. The fourth-order valence-electron chi connectivity index (χ4n) is 5.48. The topological polar surface area (TPSA) is 122 Å². The third-order valence-corrected chi connectivity index (χ3v) is 8.32. The van der Waals surface area contributed by atoms with Gasteiger partial charge in [-0.25, -0.2) is 4.98 Å². The van der Waals surface area contributed by atoms with Gasteiger partial charge in [0.05, 0.1) is 22.7 Å². The number of nitrogens with one attached hydrogen (secondary N) is 3. The van der Waals surface area contributed by atoms with Crippen molar-refractivity contribution in [3.63, 3.8) is 0 Å². The number of hydrogen-bond donors (Lipinski definition) is 3. The molecule has 0 bridgehead atoms. The Kier molecular flexibility index (Phi) is 6.97. The largest absolute Gasteiger partial charge is 0.381 e. The zero-order valence-corrected chi connectivity index (χ0v) is 22.3. The van der Waals surface area contributed by atoms with Crippen molar-refractivity contribution in [2.75, 3.05) is 11.4 Å². The molecule has 0 spiro atoms. The number of pyridine rings is 1. The Labute approximate surface area is 227 Å². The van der Waals surface area contributed by atoms with Gasteiger partial charge in [0.25, 0.3) is 5.91 Å². The molecule has 1 atom stereocenters. The summed E-state index contributed by atoms with van der Waals surface area (Å²) in [5.41, 5.74) is 3.54. The van der Waals surface area contributed by atoms with Crippen molar-refractivity contribution in [1.29, 1.82) is 10.7 Å². The Morgan fingerprint density at radius 1 is 1.32 bits per heavy atom. The first-order valence-electron chi connectivity index (χ1n) is 13.0. The maximum absolute atomic E-state index is 12.9. The highest BCUT2D eigenvalue weighted by atomic mass is 35.5. The number of halogens is 1. The van der Waals surface area contributed by atoms with Gasteiger partial charge in [-0.15, -0.1) is 0 Å². The maximum atomic E-state index is 12.9. The molecule has 1 saturated heterocycles. The van der Waals surface area contributed by atoms with Crippen LogP contribution in [0.25, 0.3) is 0 Å². The van der Waals surface area contributed by atoms with Crippen LogP contribution in [0, 0.1) is 29.6 Å². The zero-order valence-electron chi connectivity index (χ0n) is 21.6. The van der Waals surface area contributed by atoms with E-state index in [2.05, 4.69) is 21.7 Å². The fraction of sp³-hybridized carbons (Fsp3) is 0.414. The van der Waals surface area contributed by atoms with Crippen LogP contribution >= 0.6 is 11.6 Å². The molecule has 2 saturated carbocycles. The summed E-state index contributed by atoms with van der Waals surface area (Å²) in [6.07, 6.45) is 8.58. The number of rotatable bonds is 8. The molecule has 1 unspecified atom stereocenters. The lowest BCUT2D eigenvalue weighted by atomic mass is 9.74. The highest BCUT2D eigenvalue weighted by molar-refractivity contribution is 6.30. The summed E-state index contributed by atoms with van der Waals surface area (Å²) in [5, 5.41) is 24.2. The summed E-state index contributed by atoms with van der Waals surface area (Å²) < 4.78 is 0. The van der Waals surface area contributed by atoms with Crippen molar-refractivity contribution in [2.24, 2.45) is 5.92 Å². The van der Waals surface area contributed by atoms with E-state index >= 15 is 0 Å². The van der Waals surface area contributed by atoms with Crippen LogP contribution < -0.4 is 15.5 Å². The van der Waals surface area contributed by atoms with E-state index in [1.54, 1.807) is 23.2 Å². The van der Waals surface area contributed by atoms with Crippen LogP contribution in [0.5, 0.6) is 0 Å². The molecule has 8 nitrogen and oxygen atoms in total. The van der Waals surface area contributed by atoms with Gasteiger partial charge in [0.1, 0.15) is 5.82 Å². The van der Waals surface area contributed by atoms with Gasteiger partial charge in [-0.3, -0.25) is 14.5 Å². The van der Waals surface area contributed by atoms with E-state index in [0.717, 1.165) is 55.0 Å². The van der Waals surface area contributed by atoms with Crippen LogP contribution in [0.1, 0.15) is 67.2 Å². The van der Waals surface area contributed by atoms with E-state index < -0.39 is 0 Å². The van der Waals surface area contributed by atoms with Crippen LogP contribution in [0.4, 0.5) is 5.82 Å². The summed E-state index contributed by atoms with van der Waals surface area (Å²) >= 11 is 6.12. The van der Waals surface area contributed by atoms with Crippen LogP contribution in [0.2, 0.25) is 5.02 Å². The molecule has 0 radical (unpaired) electrons. The molecule has 2 aromatic rings. The van der Waals surface area contributed by atoms with E-state index in [1.807, 2.05) is 32.2 Å². The molecule has 1 aliphatic heterocycles. The standard InChI is InChI=1S/C29H31ClN6O2/c1-17-5-8-36(28(17)38)26-9-18(2)25(16-33-26)29(6-7-29)34-15-21(14-32)27(37)35-23-10-20(11-23)24-12-22(30)4-3-19(24)13-31/h3-4,9,12,14-17,20,23,32,34H,5-8,10-11H2,1-2H3,(H,35,37)/b21-15+,32-14?.